The minimum Gasteiger partial charge on any atom is -0.380 e. The van der Waals surface area contributed by atoms with Gasteiger partial charge in [-0.25, -0.2) is 0 Å². The first-order valence-corrected chi connectivity index (χ1v) is 6.67. The van der Waals surface area contributed by atoms with Crippen molar-refractivity contribution in [3.8, 4) is 0 Å². The van der Waals surface area contributed by atoms with E-state index in [2.05, 4.69) is 31.4 Å². The van der Waals surface area contributed by atoms with Crippen LogP contribution in [0.2, 0.25) is 0 Å². The molecule has 0 saturated heterocycles. The van der Waals surface area contributed by atoms with E-state index in [4.69, 9.17) is 0 Å². The van der Waals surface area contributed by atoms with Crippen LogP contribution in [0.25, 0.3) is 0 Å². The Balaban J connectivity index is 2.08. The first kappa shape index (κ1) is 14.1. The van der Waals surface area contributed by atoms with Crippen LogP contribution in [0.3, 0.4) is 0 Å². The molecule has 0 spiro atoms. The lowest BCUT2D eigenvalue weighted by molar-refractivity contribution is 0.112. The normalized spacial score (nSPS) is 10.9. The van der Waals surface area contributed by atoms with E-state index < -0.39 is 0 Å². The van der Waals surface area contributed by atoms with E-state index in [1.54, 1.807) is 6.07 Å². The number of carbonyl (C=O) groups excluding carboxylic acids is 1. The van der Waals surface area contributed by atoms with Gasteiger partial charge >= 0.3 is 0 Å². The minimum absolute atomic E-state index is 0.0488. The molecule has 0 aliphatic heterocycles. The Morgan fingerprint density at radius 3 is 2.15 bits per heavy atom. The van der Waals surface area contributed by atoms with Crippen LogP contribution in [0, 0.1) is 0 Å². The number of nitrogens with one attached hydrogen (secondary N) is 2. The smallest absolute Gasteiger partial charge is 0.150 e. The maximum Gasteiger partial charge on any atom is 0.150 e. The zero-order valence-corrected chi connectivity index (χ0v) is 12.1. The molecule has 0 aliphatic rings. The lowest BCUT2D eigenvalue weighted by atomic mass is 10.1. The van der Waals surface area contributed by atoms with Crippen LogP contribution in [0.15, 0.2) is 48.5 Å². The van der Waals surface area contributed by atoms with E-state index in [0.717, 1.165) is 23.3 Å². The molecule has 0 aromatic heterocycles. The van der Waals surface area contributed by atoms with E-state index in [1.807, 2.05) is 42.5 Å². The van der Waals surface area contributed by atoms with E-state index in [0.29, 0.717) is 5.56 Å². The molecule has 0 amide bonds. The summed E-state index contributed by atoms with van der Waals surface area (Å²) in [6, 6.07) is 15.5. The topological polar surface area (TPSA) is 41.1 Å². The molecular weight excluding hydrogens is 248 g/mol. The van der Waals surface area contributed by atoms with Crippen LogP contribution in [0.4, 0.5) is 17.1 Å². The molecule has 0 bridgehead atoms. The predicted octanol–water partition coefficient (Wildman–Crippen LogP) is 4.45. The number of rotatable bonds is 4. The average Bonchev–Trinajstić information content (AvgIpc) is 2.40. The predicted molar refractivity (Wildman–Crippen MR) is 84.9 cm³/mol. The van der Waals surface area contributed by atoms with Gasteiger partial charge in [-0.15, -0.1) is 0 Å². The quantitative estimate of drug-likeness (QED) is 0.805. The molecule has 2 N–H and O–H groups in total. The third-order valence-electron chi connectivity index (χ3n) is 2.72. The van der Waals surface area contributed by atoms with Gasteiger partial charge in [-0.3, -0.25) is 4.79 Å². The Morgan fingerprint density at radius 2 is 1.55 bits per heavy atom. The fraction of sp³-hybridized carbons (Fsp3) is 0.235. The van der Waals surface area contributed by atoms with Gasteiger partial charge in [-0.05, 0) is 57.2 Å². The summed E-state index contributed by atoms with van der Waals surface area (Å²) in [5, 5.41) is 6.70. The molecular formula is C17H20N2O. The molecule has 2 rings (SSSR count). The number of hydrogen-bond acceptors (Lipinski definition) is 3. The van der Waals surface area contributed by atoms with Crippen molar-refractivity contribution in [2.24, 2.45) is 0 Å². The maximum absolute atomic E-state index is 10.8. The highest BCUT2D eigenvalue weighted by Crippen LogP contribution is 2.21. The maximum atomic E-state index is 10.8. The third-order valence-corrected chi connectivity index (χ3v) is 2.72. The Kier molecular flexibility index (Phi) is 4.08. The van der Waals surface area contributed by atoms with E-state index in [-0.39, 0.29) is 5.54 Å². The zero-order chi connectivity index (χ0) is 14.6. The molecule has 2 aromatic carbocycles. The molecule has 3 nitrogen and oxygen atoms in total. The fourth-order valence-electron chi connectivity index (χ4n) is 1.93. The Hall–Kier alpha value is -2.29. The van der Waals surface area contributed by atoms with Crippen molar-refractivity contribution >= 4 is 23.3 Å². The van der Waals surface area contributed by atoms with Crippen molar-refractivity contribution in [1.82, 2.24) is 0 Å². The fourth-order valence-corrected chi connectivity index (χ4v) is 1.93. The first-order valence-electron chi connectivity index (χ1n) is 6.67. The van der Waals surface area contributed by atoms with Gasteiger partial charge in [0.15, 0.2) is 0 Å². The van der Waals surface area contributed by atoms with Gasteiger partial charge in [0.2, 0.25) is 0 Å². The number of anilines is 3. The summed E-state index contributed by atoms with van der Waals surface area (Å²) in [5.74, 6) is 0. The Morgan fingerprint density at radius 1 is 0.900 bits per heavy atom. The largest absolute Gasteiger partial charge is 0.380 e. The molecule has 3 heteroatoms. The number of hydrogen-bond donors (Lipinski definition) is 2. The van der Waals surface area contributed by atoms with Gasteiger partial charge in [0.25, 0.3) is 0 Å². The van der Waals surface area contributed by atoms with Crippen LogP contribution < -0.4 is 10.6 Å². The van der Waals surface area contributed by atoms with Crippen molar-refractivity contribution in [2.45, 2.75) is 26.3 Å². The van der Waals surface area contributed by atoms with Crippen LogP contribution in [-0.4, -0.2) is 11.8 Å². The summed E-state index contributed by atoms with van der Waals surface area (Å²) in [6.45, 7) is 6.39. The van der Waals surface area contributed by atoms with Crippen LogP contribution in [0.5, 0.6) is 0 Å². The summed E-state index contributed by atoms with van der Waals surface area (Å²) >= 11 is 0. The van der Waals surface area contributed by atoms with Crippen molar-refractivity contribution in [1.29, 1.82) is 0 Å². The van der Waals surface area contributed by atoms with Gasteiger partial charge in [0, 0.05) is 28.2 Å². The van der Waals surface area contributed by atoms with E-state index in [9.17, 15) is 4.79 Å². The summed E-state index contributed by atoms with van der Waals surface area (Å²) in [7, 11) is 0. The van der Waals surface area contributed by atoms with Gasteiger partial charge in [-0.1, -0.05) is 12.1 Å². The van der Waals surface area contributed by atoms with Crippen LogP contribution in [-0.2, 0) is 0 Å². The molecule has 0 radical (unpaired) electrons. The first-order chi connectivity index (χ1) is 9.46. The van der Waals surface area contributed by atoms with Crippen molar-refractivity contribution in [2.75, 3.05) is 10.6 Å². The summed E-state index contributed by atoms with van der Waals surface area (Å²) in [4.78, 5) is 10.8. The molecule has 20 heavy (non-hydrogen) atoms. The summed E-state index contributed by atoms with van der Waals surface area (Å²) in [6.07, 6.45) is 0.849. The summed E-state index contributed by atoms with van der Waals surface area (Å²) in [5.41, 5.74) is 3.71. The van der Waals surface area contributed by atoms with E-state index in [1.165, 1.54) is 0 Å². The average molecular weight is 268 g/mol. The molecule has 104 valence electrons. The van der Waals surface area contributed by atoms with Crippen molar-refractivity contribution in [3.63, 3.8) is 0 Å². The minimum atomic E-state index is 0.0488. The highest BCUT2D eigenvalue weighted by Gasteiger charge is 2.08. The van der Waals surface area contributed by atoms with Gasteiger partial charge in [0.05, 0.1) is 0 Å². The highest BCUT2D eigenvalue weighted by molar-refractivity contribution is 5.78. The molecule has 0 fully saturated rings. The second-order valence-electron chi connectivity index (χ2n) is 5.82. The standard InChI is InChI=1S/C17H20N2O/c1-17(2,3)19-15-9-7-14(8-10-15)18-16-6-4-5-13(11-16)12-20/h4-12,18-19H,1-3H3. The molecule has 0 atom stereocenters. The Bertz CT molecular complexity index is 583. The SMILES string of the molecule is CC(C)(C)Nc1ccc(Nc2cccc(C=O)c2)cc1. The molecule has 0 aliphatic carbocycles. The second-order valence-corrected chi connectivity index (χ2v) is 5.82. The Labute approximate surface area is 120 Å². The van der Waals surface area contributed by atoms with Gasteiger partial charge in [-0.2, -0.15) is 0 Å². The number of aldehydes is 1. The van der Waals surface area contributed by atoms with Crippen molar-refractivity contribution in [3.05, 3.63) is 54.1 Å². The number of benzene rings is 2. The third kappa shape index (κ3) is 4.12. The highest BCUT2D eigenvalue weighted by atomic mass is 16.1. The monoisotopic (exact) mass is 268 g/mol. The lowest BCUT2D eigenvalue weighted by Crippen LogP contribution is -2.25. The van der Waals surface area contributed by atoms with Gasteiger partial charge in [0.1, 0.15) is 6.29 Å². The molecule has 0 unspecified atom stereocenters. The van der Waals surface area contributed by atoms with E-state index >= 15 is 0 Å². The molecule has 0 heterocycles. The zero-order valence-electron chi connectivity index (χ0n) is 12.1. The second kappa shape index (κ2) is 5.78. The van der Waals surface area contributed by atoms with Gasteiger partial charge < -0.3 is 10.6 Å². The summed E-state index contributed by atoms with van der Waals surface area (Å²) < 4.78 is 0. The lowest BCUT2D eigenvalue weighted by Gasteiger charge is -2.22. The van der Waals surface area contributed by atoms with Crippen molar-refractivity contribution < 1.29 is 4.79 Å². The number of carbonyl (C=O) groups is 1. The molecule has 0 saturated carbocycles. The van der Waals surface area contributed by atoms with Crippen LogP contribution >= 0.6 is 0 Å². The van der Waals surface area contributed by atoms with Crippen LogP contribution in [0.1, 0.15) is 31.1 Å². The molecule has 2 aromatic rings.